The fraction of sp³-hybridized carbons (Fsp3) is 0.238. The first-order chi connectivity index (χ1) is 13.8. The summed E-state index contributed by atoms with van der Waals surface area (Å²) in [4.78, 5) is 20.5. The number of hydrogen-bond acceptors (Lipinski definition) is 6. The van der Waals surface area contributed by atoms with Gasteiger partial charge in [-0.25, -0.2) is 9.97 Å². The Morgan fingerprint density at radius 2 is 1.96 bits per heavy atom. The lowest BCUT2D eigenvalue weighted by Gasteiger charge is -2.28. The van der Waals surface area contributed by atoms with E-state index < -0.39 is 0 Å². The molecule has 28 heavy (non-hydrogen) atoms. The van der Waals surface area contributed by atoms with Gasteiger partial charge in [0.05, 0.1) is 31.0 Å². The van der Waals surface area contributed by atoms with Crippen LogP contribution in [0.2, 0.25) is 5.15 Å². The van der Waals surface area contributed by atoms with Crippen molar-refractivity contribution in [1.82, 2.24) is 15.0 Å². The average Bonchev–Trinajstić information content (AvgIpc) is 3.28. The van der Waals surface area contributed by atoms with Gasteiger partial charge in [0.1, 0.15) is 11.0 Å². The molecule has 0 unspecified atom stereocenters. The number of ether oxygens (including phenoxy) is 1. The first kappa shape index (κ1) is 17.3. The van der Waals surface area contributed by atoms with Crippen LogP contribution < -0.4 is 4.90 Å². The van der Waals surface area contributed by atoms with Crippen molar-refractivity contribution in [2.75, 3.05) is 37.7 Å². The zero-order chi connectivity index (χ0) is 18.9. The summed E-state index contributed by atoms with van der Waals surface area (Å²) in [5.41, 5.74) is 4.91. The summed E-state index contributed by atoms with van der Waals surface area (Å²) >= 11 is 6.00. The average molecular weight is 392 g/mol. The van der Waals surface area contributed by atoms with Gasteiger partial charge in [0, 0.05) is 48.2 Å². The number of nitrogens with zero attached hydrogens (tertiary/aromatic N) is 5. The van der Waals surface area contributed by atoms with Crippen molar-refractivity contribution < 1.29 is 4.74 Å². The molecule has 5 rings (SSSR count). The minimum absolute atomic E-state index is 0.478. The molecular weight excluding hydrogens is 374 g/mol. The second kappa shape index (κ2) is 7.30. The van der Waals surface area contributed by atoms with Crippen molar-refractivity contribution in [2.24, 2.45) is 4.99 Å². The maximum absolute atomic E-state index is 6.00. The molecule has 7 heteroatoms. The molecule has 0 N–H and O–H groups in total. The van der Waals surface area contributed by atoms with E-state index >= 15 is 0 Å². The number of aliphatic imine (C=N–C) groups is 1. The van der Waals surface area contributed by atoms with Gasteiger partial charge >= 0.3 is 0 Å². The monoisotopic (exact) mass is 391 g/mol. The standard InChI is InChI=1S/C21H18ClN5O/c22-18-2-1-14(13-25-18)17-11-19(27-7-9-28-10-8-27)26-21-16(17)4-6-24-20(21)15-3-5-23-12-15/h1-6,11,13H,7-10,12H2. The Hall–Kier alpha value is -2.83. The highest BCUT2D eigenvalue weighted by Gasteiger charge is 2.19. The Bertz CT molecular complexity index is 1090. The lowest BCUT2D eigenvalue weighted by atomic mass is 10.0. The third kappa shape index (κ3) is 3.15. The van der Waals surface area contributed by atoms with E-state index in [0.717, 1.165) is 52.2 Å². The summed E-state index contributed by atoms with van der Waals surface area (Å²) in [6.07, 6.45) is 7.47. The summed E-state index contributed by atoms with van der Waals surface area (Å²) < 4.78 is 5.51. The van der Waals surface area contributed by atoms with Crippen LogP contribution in [0.25, 0.3) is 27.6 Å². The zero-order valence-corrected chi connectivity index (χ0v) is 15.9. The Labute approximate surface area is 167 Å². The smallest absolute Gasteiger partial charge is 0.130 e. The van der Waals surface area contributed by atoms with Gasteiger partial charge in [-0.05, 0) is 35.9 Å². The molecule has 5 heterocycles. The minimum Gasteiger partial charge on any atom is -0.378 e. The normalized spacial score (nSPS) is 16.6. The first-order valence-electron chi connectivity index (χ1n) is 9.23. The van der Waals surface area contributed by atoms with Gasteiger partial charge < -0.3 is 9.64 Å². The van der Waals surface area contributed by atoms with Gasteiger partial charge in [0.25, 0.3) is 0 Å². The largest absolute Gasteiger partial charge is 0.378 e. The van der Waals surface area contributed by atoms with E-state index in [1.165, 1.54) is 0 Å². The molecule has 0 bridgehead atoms. The Balaban J connectivity index is 1.74. The zero-order valence-electron chi connectivity index (χ0n) is 15.2. The topological polar surface area (TPSA) is 63.5 Å². The van der Waals surface area contributed by atoms with E-state index in [1.54, 1.807) is 6.20 Å². The summed E-state index contributed by atoms with van der Waals surface area (Å²) in [5.74, 6) is 0.925. The summed E-state index contributed by atoms with van der Waals surface area (Å²) in [7, 11) is 0. The number of morpholine rings is 1. The van der Waals surface area contributed by atoms with Gasteiger partial charge in [-0.1, -0.05) is 11.6 Å². The number of anilines is 1. The van der Waals surface area contributed by atoms with E-state index in [1.807, 2.05) is 36.7 Å². The molecule has 0 atom stereocenters. The summed E-state index contributed by atoms with van der Waals surface area (Å²) in [6.45, 7) is 3.68. The van der Waals surface area contributed by atoms with Crippen LogP contribution in [0.5, 0.6) is 0 Å². The Kier molecular flexibility index (Phi) is 4.50. The number of hydrogen-bond donors (Lipinski definition) is 0. The molecule has 3 aromatic rings. The molecule has 0 radical (unpaired) electrons. The second-order valence-corrected chi connectivity index (χ2v) is 7.12. The minimum atomic E-state index is 0.478. The van der Waals surface area contributed by atoms with E-state index in [2.05, 4.69) is 25.9 Å². The van der Waals surface area contributed by atoms with Gasteiger partial charge in [0.15, 0.2) is 0 Å². The molecule has 0 amide bonds. The number of halogens is 1. The van der Waals surface area contributed by atoms with E-state index in [9.17, 15) is 0 Å². The van der Waals surface area contributed by atoms with Crippen molar-refractivity contribution in [3.63, 3.8) is 0 Å². The molecule has 0 aromatic carbocycles. The third-order valence-electron chi connectivity index (χ3n) is 5.03. The fourth-order valence-corrected chi connectivity index (χ4v) is 3.71. The van der Waals surface area contributed by atoms with E-state index in [0.29, 0.717) is 24.9 Å². The Morgan fingerprint density at radius 1 is 1.07 bits per heavy atom. The van der Waals surface area contributed by atoms with Crippen molar-refractivity contribution in [3.8, 4) is 11.1 Å². The number of fused-ring (bicyclic) bond motifs is 1. The maximum atomic E-state index is 6.00. The van der Waals surface area contributed by atoms with Gasteiger partial charge in [-0.3, -0.25) is 9.98 Å². The van der Waals surface area contributed by atoms with Crippen molar-refractivity contribution >= 4 is 40.1 Å². The summed E-state index contributed by atoms with van der Waals surface area (Å²) in [6, 6.07) is 7.94. The molecule has 0 saturated carbocycles. The SMILES string of the molecule is Clc1ccc(-c2cc(N3CCOCC3)nc3c(C4=CC=NC4)nccc23)cn1. The molecule has 1 saturated heterocycles. The highest BCUT2D eigenvalue weighted by molar-refractivity contribution is 6.29. The van der Waals surface area contributed by atoms with Crippen LogP contribution in [0, 0.1) is 0 Å². The lowest BCUT2D eigenvalue weighted by molar-refractivity contribution is 0.122. The molecule has 3 aromatic heterocycles. The van der Waals surface area contributed by atoms with Crippen LogP contribution in [-0.2, 0) is 4.74 Å². The quantitative estimate of drug-likeness (QED) is 0.638. The molecule has 0 aliphatic carbocycles. The summed E-state index contributed by atoms with van der Waals surface area (Å²) in [5, 5.41) is 1.52. The predicted octanol–water partition coefficient (Wildman–Crippen LogP) is 3.65. The molecule has 0 spiro atoms. The lowest BCUT2D eigenvalue weighted by Crippen LogP contribution is -2.36. The second-order valence-electron chi connectivity index (χ2n) is 6.73. The number of aromatic nitrogens is 3. The van der Waals surface area contributed by atoms with Gasteiger partial charge in [-0.2, -0.15) is 0 Å². The van der Waals surface area contributed by atoms with Crippen molar-refractivity contribution in [3.05, 3.63) is 53.6 Å². The molecule has 1 fully saturated rings. The van der Waals surface area contributed by atoms with Crippen LogP contribution in [0.3, 0.4) is 0 Å². The van der Waals surface area contributed by atoms with Crippen LogP contribution in [0.15, 0.2) is 47.7 Å². The molecular formula is C21H18ClN5O. The highest BCUT2D eigenvalue weighted by Crippen LogP contribution is 2.34. The van der Waals surface area contributed by atoms with Gasteiger partial charge in [0.2, 0.25) is 0 Å². The van der Waals surface area contributed by atoms with Crippen LogP contribution in [0.4, 0.5) is 5.82 Å². The third-order valence-corrected chi connectivity index (χ3v) is 5.26. The maximum Gasteiger partial charge on any atom is 0.130 e. The molecule has 6 nitrogen and oxygen atoms in total. The number of pyridine rings is 3. The Morgan fingerprint density at radius 3 is 2.71 bits per heavy atom. The van der Waals surface area contributed by atoms with E-state index in [4.69, 9.17) is 21.3 Å². The number of rotatable bonds is 3. The van der Waals surface area contributed by atoms with E-state index in [-0.39, 0.29) is 0 Å². The van der Waals surface area contributed by atoms with Crippen LogP contribution in [0.1, 0.15) is 5.69 Å². The fourth-order valence-electron chi connectivity index (χ4n) is 3.60. The van der Waals surface area contributed by atoms with Crippen LogP contribution in [-0.4, -0.2) is 54.0 Å². The predicted molar refractivity (Wildman–Crippen MR) is 112 cm³/mol. The molecule has 2 aliphatic rings. The van der Waals surface area contributed by atoms with Crippen LogP contribution >= 0.6 is 11.6 Å². The van der Waals surface area contributed by atoms with Crippen molar-refractivity contribution in [2.45, 2.75) is 0 Å². The first-order valence-corrected chi connectivity index (χ1v) is 9.61. The van der Waals surface area contributed by atoms with Gasteiger partial charge in [-0.15, -0.1) is 0 Å². The highest BCUT2D eigenvalue weighted by atomic mass is 35.5. The molecule has 140 valence electrons. The number of allylic oxidation sites excluding steroid dienone is 1. The van der Waals surface area contributed by atoms with Crippen molar-refractivity contribution in [1.29, 1.82) is 0 Å². The molecule has 2 aliphatic heterocycles.